The van der Waals surface area contributed by atoms with Crippen LogP contribution in [0.3, 0.4) is 0 Å². The van der Waals surface area contributed by atoms with Crippen molar-refractivity contribution in [3.8, 4) is 0 Å². The van der Waals surface area contributed by atoms with E-state index in [4.69, 9.17) is 0 Å². The lowest BCUT2D eigenvalue weighted by Crippen LogP contribution is -2.37. The Balaban J connectivity index is 2.65. The van der Waals surface area contributed by atoms with Crippen LogP contribution < -0.4 is 0 Å². The van der Waals surface area contributed by atoms with Gasteiger partial charge in [0.05, 0.1) is 5.75 Å². The van der Waals surface area contributed by atoms with Gasteiger partial charge in [-0.2, -0.15) is 4.31 Å². The Hall–Kier alpha value is 0.390. The minimum atomic E-state index is -3.02. The van der Waals surface area contributed by atoms with E-state index in [1.165, 1.54) is 0 Å². The molecule has 0 amide bonds. The molecule has 84 valence electrons. The molecule has 0 atom stereocenters. The van der Waals surface area contributed by atoms with E-state index < -0.39 is 10.0 Å². The molecule has 1 fully saturated rings. The molecule has 1 aliphatic carbocycles. The molecule has 1 aliphatic rings. The van der Waals surface area contributed by atoms with Crippen LogP contribution in [0.4, 0.5) is 0 Å². The zero-order valence-corrected chi connectivity index (χ0v) is 11.1. The minimum Gasteiger partial charge on any atom is -0.212 e. The molecular formula is C9H18BrNO2S. The maximum atomic E-state index is 11.9. The fourth-order valence-electron chi connectivity index (χ4n) is 1.51. The Morgan fingerprint density at radius 2 is 2.00 bits per heavy atom. The van der Waals surface area contributed by atoms with E-state index in [-0.39, 0.29) is 17.7 Å². The first-order chi connectivity index (χ1) is 6.47. The van der Waals surface area contributed by atoms with Crippen LogP contribution in [0.15, 0.2) is 0 Å². The van der Waals surface area contributed by atoms with Crippen LogP contribution in [0, 0.1) is 5.92 Å². The molecular weight excluding hydrogens is 266 g/mol. The number of nitrogens with zero attached hydrogens (tertiary/aromatic N) is 1. The molecule has 0 bridgehead atoms. The lowest BCUT2D eigenvalue weighted by Gasteiger charge is -2.21. The van der Waals surface area contributed by atoms with E-state index in [1.54, 1.807) is 4.31 Å². The summed E-state index contributed by atoms with van der Waals surface area (Å²) >= 11 is 3.30. The van der Waals surface area contributed by atoms with Gasteiger partial charge in [0.1, 0.15) is 0 Å². The molecule has 1 saturated carbocycles. The highest BCUT2D eigenvalue weighted by molar-refractivity contribution is 9.09. The van der Waals surface area contributed by atoms with Crippen LogP contribution in [-0.2, 0) is 10.0 Å². The quantitative estimate of drug-likeness (QED) is 0.698. The van der Waals surface area contributed by atoms with Gasteiger partial charge in [-0.15, -0.1) is 0 Å². The van der Waals surface area contributed by atoms with E-state index in [9.17, 15) is 8.42 Å². The molecule has 0 unspecified atom stereocenters. The summed E-state index contributed by atoms with van der Waals surface area (Å²) in [5.74, 6) is 0.479. The molecule has 0 radical (unpaired) electrons. The van der Waals surface area contributed by atoms with Gasteiger partial charge >= 0.3 is 0 Å². The van der Waals surface area contributed by atoms with E-state index in [2.05, 4.69) is 15.9 Å². The molecule has 14 heavy (non-hydrogen) atoms. The predicted molar refractivity (Wildman–Crippen MR) is 62.1 cm³/mol. The first kappa shape index (κ1) is 12.5. The summed E-state index contributed by atoms with van der Waals surface area (Å²) in [5.41, 5.74) is 0. The molecule has 1 rings (SSSR count). The van der Waals surface area contributed by atoms with Crippen LogP contribution in [0.5, 0.6) is 0 Å². The molecule has 0 aromatic carbocycles. The summed E-state index contributed by atoms with van der Waals surface area (Å²) in [7, 11) is -3.02. The molecule has 0 spiro atoms. The Labute approximate surface area is 95.0 Å². The molecule has 0 aliphatic heterocycles. The van der Waals surface area contributed by atoms with Gasteiger partial charge in [0, 0.05) is 17.9 Å². The summed E-state index contributed by atoms with van der Waals surface area (Å²) in [5, 5.41) is 0.723. The van der Waals surface area contributed by atoms with E-state index in [0.717, 1.165) is 18.2 Å². The third-order valence-electron chi connectivity index (χ3n) is 2.16. The maximum absolute atomic E-state index is 11.9. The van der Waals surface area contributed by atoms with E-state index in [0.29, 0.717) is 6.54 Å². The van der Waals surface area contributed by atoms with Crippen LogP contribution in [-0.4, -0.2) is 36.4 Å². The Kier molecular flexibility index (Phi) is 4.40. The van der Waals surface area contributed by atoms with Gasteiger partial charge in [-0.3, -0.25) is 0 Å². The number of alkyl halides is 1. The maximum Gasteiger partial charge on any atom is 0.214 e. The number of rotatable bonds is 6. The molecule has 0 aromatic rings. The van der Waals surface area contributed by atoms with Gasteiger partial charge in [-0.1, -0.05) is 29.8 Å². The normalized spacial score (nSPS) is 18.1. The predicted octanol–water partition coefficient (Wildman–Crippen LogP) is 1.83. The van der Waals surface area contributed by atoms with Crippen molar-refractivity contribution in [2.75, 3.05) is 17.6 Å². The first-order valence-electron chi connectivity index (χ1n) is 5.03. The van der Waals surface area contributed by atoms with Gasteiger partial charge < -0.3 is 0 Å². The Bertz CT molecular complexity index is 273. The average Bonchev–Trinajstić information content (AvgIpc) is 2.79. The third-order valence-corrected chi connectivity index (χ3v) is 4.80. The van der Waals surface area contributed by atoms with Crippen molar-refractivity contribution >= 4 is 26.0 Å². The van der Waals surface area contributed by atoms with E-state index >= 15 is 0 Å². The summed E-state index contributed by atoms with van der Waals surface area (Å²) in [4.78, 5) is 0. The van der Waals surface area contributed by atoms with Crippen LogP contribution in [0.2, 0.25) is 0 Å². The highest BCUT2D eigenvalue weighted by Gasteiger charge is 2.36. The van der Waals surface area contributed by atoms with Crippen molar-refractivity contribution in [1.82, 2.24) is 4.31 Å². The van der Waals surface area contributed by atoms with Crippen molar-refractivity contribution in [3.63, 3.8) is 0 Å². The van der Waals surface area contributed by atoms with Crippen molar-refractivity contribution < 1.29 is 8.42 Å². The Morgan fingerprint density at radius 1 is 1.43 bits per heavy atom. The second kappa shape index (κ2) is 4.94. The van der Waals surface area contributed by atoms with Crippen LogP contribution in [0.1, 0.15) is 26.7 Å². The average molecular weight is 284 g/mol. The molecule has 0 saturated heterocycles. The standard InChI is InChI=1S/C9H18BrNO2S/c1-8(2)7-14(12,13)11(6-5-10)9-3-4-9/h8-9H,3-7H2,1-2H3. The van der Waals surface area contributed by atoms with Crippen molar-refractivity contribution in [3.05, 3.63) is 0 Å². The number of hydrogen-bond acceptors (Lipinski definition) is 2. The highest BCUT2D eigenvalue weighted by atomic mass is 79.9. The van der Waals surface area contributed by atoms with Crippen LogP contribution in [0.25, 0.3) is 0 Å². The minimum absolute atomic E-state index is 0.205. The van der Waals surface area contributed by atoms with Gasteiger partial charge in [0.2, 0.25) is 10.0 Å². The largest absolute Gasteiger partial charge is 0.214 e. The molecule has 0 N–H and O–H groups in total. The third kappa shape index (κ3) is 3.51. The molecule has 5 heteroatoms. The van der Waals surface area contributed by atoms with Gasteiger partial charge in [-0.05, 0) is 18.8 Å². The number of hydrogen-bond donors (Lipinski definition) is 0. The summed E-state index contributed by atoms with van der Waals surface area (Å²) < 4.78 is 25.5. The van der Waals surface area contributed by atoms with Gasteiger partial charge in [-0.25, -0.2) is 8.42 Å². The SMILES string of the molecule is CC(C)CS(=O)(=O)N(CCBr)C1CC1. The summed E-state index contributed by atoms with van der Waals surface area (Å²) in [6.07, 6.45) is 2.06. The van der Waals surface area contributed by atoms with Gasteiger partial charge in [0.15, 0.2) is 0 Å². The fourth-order valence-corrected chi connectivity index (χ4v) is 4.20. The lowest BCUT2D eigenvalue weighted by atomic mass is 10.3. The zero-order valence-electron chi connectivity index (χ0n) is 8.74. The topological polar surface area (TPSA) is 37.4 Å². The fraction of sp³-hybridized carbons (Fsp3) is 1.00. The molecule has 0 aromatic heterocycles. The lowest BCUT2D eigenvalue weighted by molar-refractivity contribution is 0.419. The van der Waals surface area contributed by atoms with E-state index in [1.807, 2.05) is 13.8 Å². The monoisotopic (exact) mass is 283 g/mol. The number of halogens is 1. The van der Waals surface area contributed by atoms with Crippen molar-refractivity contribution in [2.24, 2.45) is 5.92 Å². The van der Waals surface area contributed by atoms with Crippen molar-refractivity contribution in [1.29, 1.82) is 0 Å². The van der Waals surface area contributed by atoms with Gasteiger partial charge in [0.25, 0.3) is 0 Å². The van der Waals surface area contributed by atoms with Crippen LogP contribution >= 0.6 is 15.9 Å². The number of sulfonamides is 1. The van der Waals surface area contributed by atoms with Crippen molar-refractivity contribution in [2.45, 2.75) is 32.7 Å². The summed E-state index contributed by atoms with van der Waals surface area (Å²) in [6.45, 7) is 4.49. The summed E-state index contributed by atoms with van der Waals surface area (Å²) in [6, 6.07) is 0.288. The molecule has 0 heterocycles. The second-order valence-electron chi connectivity index (χ2n) is 4.20. The smallest absolute Gasteiger partial charge is 0.212 e. The second-order valence-corrected chi connectivity index (χ2v) is 6.96. The zero-order chi connectivity index (χ0) is 10.8. The molecule has 3 nitrogen and oxygen atoms in total. The Morgan fingerprint density at radius 3 is 2.36 bits per heavy atom. The highest BCUT2D eigenvalue weighted by Crippen LogP contribution is 2.29. The first-order valence-corrected chi connectivity index (χ1v) is 7.76.